The van der Waals surface area contributed by atoms with E-state index in [2.05, 4.69) is 5.32 Å². The molecule has 1 aromatic rings. The summed E-state index contributed by atoms with van der Waals surface area (Å²) in [5.41, 5.74) is 0.726. The highest BCUT2D eigenvalue weighted by molar-refractivity contribution is 7.90. The molecule has 6 nitrogen and oxygen atoms in total. The molecule has 0 saturated heterocycles. The van der Waals surface area contributed by atoms with Gasteiger partial charge in [-0.05, 0) is 38.0 Å². The Morgan fingerprint density at radius 2 is 1.96 bits per heavy atom. The minimum absolute atomic E-state index is 0.0153. The highest BCUT2D eigenvalue weighted by Crippen LogP contribution is 2.16. The quantitative estimate of drug-likeness (QED) is 0.765. The van der Waals surface area contributed by atoms with Gasteiger partial charge in [0.2, 0.25) is 0 Å². The second-order valence-electron chi connectivity index (χ2n) is 5.58. The molecule has 0 aliphatic heterocycles. The molecule has 1 unspecified atom stereocenters. The predicted molar refractivity (Wildman–Crippen MR) is 87.1 cm³/mol. The molecule has 0 spiro atoms. The van der Waals surface area contributed by atoms with Crippen LogP contribution in [0.1, 0.15) is 42.6 Å². The molecule has 23 heavy (non-hydrogen) atoms. The zero-order valence-corrected chi connectivity index (χ0v) is 14.7. The summed E-state index contributed by atoms with van der Waals surface area (Å²) in [4.78, 5) is 23.8. The molecule has 0 heterocycles. The molecule has 0 aromatic heterocycles. The Kier molecular flexibility index (Phi) is 6.75. The van der Waals surface area contributed by atoms with E-state index in [0.29, 0.717) is 5.56 Å². The van der Waals surface area contributed by atoms with Crippen molar-refractivity contribution in [2.45, 2.75) is 44.6 Å². The first-order valence-electron chi connectivity index (χ1n) is 7.42. The number of carbonyl (C=O) groups is 2. The first-order valence-corrected chi connectivity index (χ1v) is 9.31. The molecular formula is C16H23NO5S. The van der Waals surface area contributed by atoms with Crippen molar-refractivity contribution < 1.29 is 22.7 Å². The van der Waals surface area contributed by atoms with E-state index in [1.807, 2.05) is 13.8 Å². The smallest absolute Gasteiger partial charge is 0.338 e. The average molecular weight is 341 g/mol. The zero-order chi connectivity index (χ0) is 17.6. The maximum absolute atomic E-state index is 12.1. The predicted octanol–water partition coefficient (Wildman–Crippen LogP) is 1.86. The summed E-state index contributed by atoms with van der Waals surface area (Å²) in [6, 6.07) is 4.25. The molecule has 128 valence electrons. The SMILES string of the molecule is CCCC(C)NC(=O)COC(=O)c1cc(S(C)(=O)=O)ccc1C. The Morgan fingerprint density at radius 1 is 1.30 bits per heavy atom. The van der Waals surface area contributed by atoms with E-state index in [-0.39, 0.29) is 22.4 Å². The van der Waals surface area contributed by atoms with E-state index in [9.17, 15) is 18.0 Å². The second kappa shape index (κ2) is 8.10. The fourth-order valence-electron chi connectivity index (χ4n) is 2.08. The van der Waals surface area contributed by atoms with Crippen LogP contribution in [0.2, 0.25) is 0 Å². The van der Waals surface area contributed by atoms with Crippen LogP contribution in [0.5, 0.6) is 0 Å². The van der Waals surface area contributed by atoms with E-state index < -0.39 is 22.4 Å². The first-order chi connectivity index (χ1) is 10.6. The lowest BCUT2D eigenvalue weighted by Crippen LogP contribution is -2.35. The van der Waals surface area contributed by atoms with Crippen molar-refractivity contribution in [3.63, 3.8) is 0 Å². The van der Waals surface area contributed by atoms with E-state index in [1.165, 1.54) is 18.2 Å². The largest absolute Gasteiger partial charge is 0.452 e. The van der Waals surface area contributed by atoms with Crippen molar-refractivity contribution in [3.05, 3.63) is 29.3 Å². The van der Waals surface area contributed by atoms with Crippen LogP contribution >= 0.6 is 0 Å². The van der Waals surface area contributed by atoms with Crippen molar-refractivity contribution in [1.29, 1.82) is 0 Å². The summed E-state index contributed by atoms with van der Waals surface area (Å²) in [5.74, 6) is -1.09. The number of nitrogens with one attached hydrogen (secondary N) is 1. The van der Waals surface area contributed by atoms with Gasteiger partial charge < -0.3 is 10.1 Å². The van der Waals surface area contributed by atoms with Gasteiger partial charge in [-0.1, -0.05) is 19.4 Å². The molecule has 7 heteroatoms. The summed E-state index contributed by atoms with van der Waals surface area (Å²) in [6.45, 7) is 5.17. The lowest BCUT2D eigenvalue weighted by Gasteiger charge is -2.13. The van der Waals surface area contributed by atoms with Gasteiger partial charge in [-0.15, -0.1) is 0 Å². The van der Waals surface area contributed by atoms with Crippen LogP contribution in [0.3, 0.4) is 0 Å². The third-order valence-corrected chi connectivity index (χ3v) is 4.43. The molecule has 0 saturated carbocycles. The number of carbonyl (C=O) groups excluding carboxylic acids is 2. The number of sulfone groups is 1. The fourth-order valence-corrected chi connectivity index (χ4v) is 2.73. The second-order valence-corrected chi connectivity index (χ2v) is 7.60. The number of amides is 1. The van der Waals surface area contributed by atoms with Crippen LogP contribution in [-0.4, -0.2) is 39.2 Å². The summed E-state index contributed by atoms with van der Waals surface area (Å²) < 4.78 is 28.1. The summed E-state index contributed by atoms with van der Waals surface area (Å²) in [6.07, 6.45) is 2.85. The van der Waals surface area contributed by atoms with E-state index in [1.54, 1.807) is 6.92 Å². The van der Waals surface area contributed by atoms with E-state index in [0.717, 1.165) is 19.1 Å². The Bertz CT molecular complexity index is 682. The van der Waals surface area contributed by atoms with Crippen LogP contribution in [-0.2, 0) is 19.4 Å². The number of rotatable bonds is 7. The van der Waals surface area contributed by atoms with Crippen LogP contribution in [0.4, 0.5) is 0 Å². The molecule has 0 bridgehead atoms. The fraction of sp³-hybridized carbons (Fsp3) is 0.500. The maximum Gasteiger partial charge on any atom is 0.338 e. The summed E-state index contributed by atoms with van der Waals surface area (Å²) in [5, 5.41) is 2.73. The van der Waals surface area contributed by atoms with Crippen LogP contribution < -0.4 is 5.32 Å². The van der Waals surface area contributed by atoms with Gasteiger partial charge in [-0.25, -0.2) is 13.2 Å². The average Bonchev–Trinajstić information content (AvgIpc) is 2.44. The van der Waals surface area contributed by atoms with Gasteiger partial charge >= 0.3 is 5.97 Å². The molecule has 1 amide bonds. The molecule has 1 rings (SSSR count). The minimum atomic E-state index is -3.42. The van der Waals surface area contributed by atoms with Crippen molar-refractivity contribution >= 4 is 21.7 Å². The van der Waals surface area contributed by atoms with Crippen LogP contribution in [0, 0.1) is 6.92 Å². The highest BCUT2D eigenvalue weighted by Gasteiger charge is 2.17. The van der Waals surface area contributed by atoms with Crippen molar-refractivity contribution in [2.75, 3.05) is 12.9 Å². The van der Waals surface area contributed by atoms with Crippen LogP contribution in [0.15, 0.2) is 23.1 Å². The van der Waals surface area contributed by atoms with E-state index >= 15 is 0 Å². The number of hydrogen-bond donors (Lipinski definition) is 1. The van der Waals surface area contributed by atoms with Gasteiger partial charge in [0.05, 0.1) is 10.5 Å². The lowest BCUT2D eigenvalue weighted by molar-refractivity contribution is -0.124. The minimum Gasteiger partial charge on any atom is -0.452 e. The Labute approximate surface area is 137 Å². The standard InChI is InChI=1S/C16H23NO5S/c1-5-6-12(3)17-15(18)10-22-16(19)14-9-13(23(4,20)21)8-7-11(14)2/h7-9,12H,5-6,10H2,1-4H3,(H,17,18). The van der Waals surface area contributed by atoms with Crippen molar-refractivity contribution in [3.8, 4) is 0 Å². The highest BCUT2D eigenvalue weighted by atomic mass is 32.2. The monoisotopic (exact) mass is 341 g/mol. The number of aryl methyl sites for hydroxylation is 1. The molecule has 0 aliphatic rings. The Morgan fingerprint density at radius 3 is 2.52 bits per heavy atom. The topological polar surface area (TPSA) is 89.5 Å². The number of benzene rings is 1. The molecular weight excluding hydrogens is 318 g/mol. The summed E-state index contributed by atoms with van der Waals surface area (Å²) in [7, 11) is -3.42. The third kappa shape index (κ3) is 6.02. The summed E-state index contributed by atoms with van der Waals surface area (Å²) >= 11 is 0. The molecule has 0 aliphatic carbocycles. The number of esters is 1. The lowest BCUT2D eigenvalue weighted by atomic mass is 10.1. The van der Waals surface area contributed by atoms with Crippen molar-refractivity contribution in [1.82, 2.24) is 5.32 Å². The molecule has 1 atom stereocenters. The molecule has 1 aromatic carbocycles. The number of hydrogen-bond acceptors (Lipinski definition) is 5. The van der Waals surface area contributed by atoms with Gasteiger partial charge in [0.1, 0.15) is 0 Å². The third-order valence-electron chi connectivity index (χ3n) is 3.32. The molecule has 1 N–H and O–H groups in total. The Balaban J connectivity index is 2.73. The van der Waals surface area contributed by atoms with Gasteiger partial charge in [0, 0.05) is 12.3 Å². The first kappa shape index (κ1) is 19.2. The van der Waals surface area contributed by atoms with Crippen molar-refractivity contribution in [2.24, 2.45) is 0 Å². The molecule has 0 radical (unpaired) electrons. The van der Waals surface area contributed by atoms with E-state index in [4.69, 9.17) is 4.74 Å². The normalized spacial score (nSPS) is 12.5. The molecule has 0 fully saturated rings. The van der Waals surface area contributed by atoms with Crippen LogP contribution in [0.25, 0.3) is 0 Å². The van der Waals surface area contributed by atoms with Gasteiger partial charge in [0.15, 0.2) is 16.4 Å². The van der Waals surface area contributed by atoms with Gasteiger partial charge in [-0.3, -0.25) is 4.79 Å². The zero-order valence-electron chi connectivity index (χ0n) is 13.9. The number of ether oxygens (including phenoxy) is 1. The van der Waals surface area contributed by atoms with Gasteiger partial charge in [-0.2, -0.15) is 0 Å². The maximum atomic E-state index is 12.1. The van der Waals surface area contributed by atoms with Gasteiger partial charge in [0.25, 0.3) is 5.91 Å². The Hall–Kier alpha value is -1.89.